The van der Waals surface area contributed by atoms with E-state index in [9.17, 15) is 14.4 Å². The molecule has 0 bridgehead atoms. The van der Waals surface area contributed by atoms with Gasteiger partial charge in [0.25, 0.3) is 5.91 Å². The summed E-state index contributed by atoms with van der Waals surface area (Å²) in [6.45, 7) is 7.79. The van der Waals surface area contributed by atoms with Crippen LogP contribution in [0, 0.1) is 0 Å². The number of rotatable bonds is 5. The molecule has 0 atom stereocenters. The van der Waals surface area contributed by atoms with Crippen molar-refractivity contribution in [3.8, 4) is 0 Å². The molecule has 0 spiro atoms. The van der Waals surface area contributed by atoms with Gasteiger partial charge >= 0.3 is 0 Å². The van der Waals surface area contributed by atoms with Gasteiger partial charge in [0.05, 0.1) is 18.9 Å². The van der Waals surface area contributed by atoms with Crippen LogP contribution in [0.4, 0.5) is 5.69 Å². The van der Waals surface area contributed by atoms with Crippen molar-refractivity contribution in [2.45, 2.75) is 32.2 Å². The molecular formula is C19H25N3O4. The van der Waals surface area contributed by atoms with Gasteiger partial charge in [-0.3, -0.25) is 24.2 Å². The maximum Gasteiger partial charge on any atom is 0.251 e. The van der Waals surface area contributed by atoms with Gasteiger partial charge in [-0.2, -0.15) is 0 Å². The fourth-order valence-electron chi connectivity index (χ4n) is 3.33. The molecule has 0 radical (unpaired) electrons. The summed E-state index contributed by atoms with van der Waals surface area (Å²) in [6.07, 6.45) is 0.450. The minimum Gasteiger partial charge on any atom is -0.379 e. The lowest BCUT2D eigenvalue weighted by Gasteiger charge is -2.40. The van der Waals surface area contributed by atoms with Crippen molar-refractivity contribution in [1.82, 2.24) is 10.2 Å². The van der Waals surface area contributed by atoms with E-state index in [0.29, 0.717) is 31.0 Å². The number of ether oxygens (including phenoxy) is 1. The number of morpholine rings is 1. The van der Waals surface area contributed by atoms with Crippen molar-refractivity contribution in [2.75, 3.05) is 37.7 Å². The highest BCUT2D eigenvalue weighted by atomic mass is 16.5. The highest BCUT2D eigenvalue weighted by Gasteiger charge is 2.31. The maximum absolute atomic E-state index is 12.6. The molecule has 3 amide bonds. The minimum absolute atomic E-state index is 0.183. The van der Waals surface area contributed by atoms with E-state index in [1.807, 2.05) is 0 Å². The largest absolute Gasteiger partial charge is 0.379 e. The van der Waals surface area contributed by atoms with Crippen LogP contribution in [-0.4, -0.2) is 61.0 Å². The summed E-state index contributed by atoms with van der Waals surface area (Å²) in [5, 5.41) is 2.97. The van der Waals surface area contributed by atoms with Crippen LogP contribution < -0.4 is 10.2 Å². The van der Waals surface area contributed by atoms with Crippen LogP contribution >= 0.6 is 0 Å². The highest BCUT2D eigenvalue weighted by Crippen LogP contribution is 2.23. The van der Waals surface area contributed by atoms with E-state index >= 15 is 0 Å². The first-order chi connectivity index (χ1) is 12.4. The zero-order valence-electron chi connectivity index (χ0n) is 15.3. The van der Waals surface area contributed by atoms with E-state index < -0.39 is 0 Å². The summed E-state index contributed by atoms with van der Waals surface area (Å²) in [4.78, 5) is 39.8. The quantitative estimate of drug-likeness (QED) is 0.799. The van der Waals surface area contributed by atoms with Crippen LogP contribution in [0.25, 0.3) is 0 Å². The lowest BCUT2D eigenvalue weighted by atomic mass is 10.0. The number of amides is 3. The lowest BCUT2D eigenvalue weighted by molar-refractivity contribution is -0.121. The smallest absolute Gasteiger partial charge is 0.251 e. The second-order valence-electron chi connectivity index (χ2n) is 7.27. The first-order valence-corrected chi connectivity index (χ1v) is 8.95. The summed E-state index contributed by atoms with van der Waals surface area (Å²) in [5.41, 5.74) is 0.711. The van der Waals surface area contributed by atoms with Gasteiger partial charge in [0, 0.05) is 43.6 Å². The molecule has 2 aliphatic rings. The zero-order chi connectivity index (χ0) is 18.7. The summed E-state index contributed by atoms with van der Waals surface area (Å²) >= 11 is 0. The lowest BCUT2D eigenvalue weighted by Crippen LogP contribution is -2.55. The zero-order valence-corrected chi connectivity index (χ0v) is 15.3. The molecule has 7 heteroatoms. The molecule has 26 heavy (non-hydrogen) atoms. The predicted octanol–water partition coefficient (Wildman–Crippen LogP) is 1.18. The Hall–Kier alpha value is -2.25. The number of benzene rings is 1. The van der Waals surface area contributed by atoms with E-state index in [1.165, 1.54) is 0 Å². The molecule has 1 aromatic rings. The van der Waals surface area contributed by atoms with Crippen LogP contribution in [0.5, 0.6) is 0 Å². The highest BCUT2D eigenvalue weighted by molar-refractivity contribution is 6.20. The third kappa shape index (κ3) is 3.94. The molecule has 1 aromatic carbocycles. The molecule has 0 saturated carbocycles. The Morgan fingerprint density at radius 1 is 1.15 bits per heavy atom. The number of anilines is 1. The Morgan fingerprint density at radius 2 is 1.81 bits per heavy atom. The van der Waals surface area contributed by atoms with Gasteiger partial charge < -0.3 is 10.1 Å². The third-order valence-electron chi connectivity index (χ3n) is 4.97. The molecule has 0 aromatic heterocycles. The third-order valence-corrected chi connectivity index (χ3v) is 4.97. The Balaban J connectivity index is 1.65. The van der Waals surface area contributed by atoms with E-state index in [1.54, 1.807) is 24.3 Å². The van der Waals surface area contributed by atoms with Gasteiger partial charge in [-0.1, -0.05) is 6.07 Å². The second-order valence-corrected chi connectivity index (χ2v) is 7.27. The minimum atomic E-state index is -0.221. The van der Waals surface area contributed by atoms with Gasteiger partial charge in [-0.15, -0.1) is 0 Å². The first-order valence-electron chi connectivity index (χ1n) is 8.95. The average molecular weight is 359 g/mol. The summed E-state index contributed by atoms with van der Waals surface area (Å²) in [6, 6.07) is 6.65. The summed E-state index contributed by atoms with van der Waals surface area (Å²) in [7, 11) is 0. The molecule has 3 rings (SSSR count). The van der Waals surface area contributed by atoms with Crippen molar-refractivity contribution in [1.29, 1.82) is 0 Å². The van der Waals surface area contributed by atoms with Crippen LogP contribution in [0.3, 0.4) is 0 Å². The molecule has 2 fully saturated rings. The Kier molecular flexibility index (Phi) is 5.38. The van der Waals surface area contributed by atoms with Crippen LogP contribution in [0.15, 0.2) is 24.3 Å². The van der Waals surface area contributed by atoms with E-state index in [4.69, 9.17) is 4.74 Å². The fourth-order valence-corrected chi connectivity index (χ4v) is 3.33. The Morgan fingerprint density at radius 3 is 2.46 bits per heavy atom. The number of nitrogens with zero attached hydrogens (tertiary/aromatic N) is 2. The van der Waals surface area contributed by atoms with Crippen molar-refractivity contribution < 1.29 is 19.1 Å². The number of imide groups is 1. The molecule has 0 aliphatic carbocycles. The van der Waals surface area contributed by atoms with Crippen LogP contribution in [0.1, 0.15) is 37.0 Å². The number of carbonyl (C=O) groups is 3. The first kappa shape index (κ1) is 18.5. The fraction of sp³-hybridized carbons (Fsp3) is 0.526. The van der Waals surface area contributed by atoms with Gasteiger partial charge in [0.2, 0.25) is 11.8 Å². The molecule has 140 valence electrons. The molecule has 2 aliphatic heterocycles. The summed E-state index contributed by atoms with van der Waals surface area (Å²) in [5.74, 6) is -0.658. The van der Waals surface area contributed by atoms with Crippen LogP contribution in [0.2, 0.25) is 0 Å². The van der Waals surface area contributed by atoms with Crippen molar-refractivity contribution in [3.63, 3.8) is 0 Å². The second kappa shape index (κ2) is 7.55. The summed E-state index contributed by atoms with van der Waals surface area (Å²) < 4.78 is 5.38. The number of hydrogen-bond acceptors (Lipinski definition) is 5. The normalized spacial score (nSPS) is 19.1. The topological polar surface area (TPSA) is 79.0 Å². The van der Waals surface area contributed by atoms with E-state index in [2.05, 4.69) is 24.1 Å². The molecular weight excluding hydrogens is 334 g/mol. The number of nitrogens with one attached hydrogen (secondary N) is 1. The van der Waals surface area contributed by atoms with Gasteiger partial charge in [-0.05, 0) is 32.0 Å². The Bertz CT molecular complexity index is 694. The predicted molar refractivity (Wildman–Crippen MR) is 97.0 cm³/mol. The molecule has 7 nitrogen and oxygen atoms in total. The molecule has 1 N–H and O–H groups in total. The van der Waals surface area contributed by atoms with Gasteiger partial charge in [0.1, 0.15) is 0 Å². The van der Waals surface area contributed by atoms with E-state index in [-0.39, 0.29) is 36.1 Å². The van der Waals surface area contributed by atoms with Gasteiger partial charge in [0.15, 0.2) is 0 Å². The Labute approximate surface area is 153 Å². The number of carbonyl (C=O) groups excluding carboxylic acids is 3. The molecule has 0 unspecified atom stereocenters. The van der Waals surface area contributed by atoms with E-state index in [0.717, 1.165) is 18.0 Å². The van der Waals surface area contributed by atoms with Crippen molar-refractivity contribution in [3.05, 3.63) is 29.8 Å². The standard InChI is InChI=1S/C19H25N3O4/c1-19(2,21-8-10-26-11-9-21)13-20-18(25)14-4-3-5-15(12-14)22-16(23)6-7-17(22)24/h3-5,12H,6-11,13H2,1-2H3,(H,20,25). The maximum atomic E-state index is 12.6. The van der Waals surface area contributed by atoms with Crippen molar-refractivity contribution >= 4 is 23.4 Å². The van der Waals surface area contributed by atoms with Gasteiger partial charge in [-0.25, -0.2) is 0 Å². The monoisotopic (exact) mass is 359 g/mol. The SMILES string of the molecule is CC(C)(CNC(=O)c1cccc(N2C(=O)CCC2=O)c1)N1CCOCC1. The number of hydrogen-bond donors (Lipinski definition) is 1. The molecule has 2 saturated heterocycles. The average Bonchev–Trinajstić information content (AvgIpc) is 2.99. The van der Waals surface area contributed by atoms with Crippen molar-refractivity contribution in [2.24, 2.45) is 0 Å². The molecule has 2 heterocycles. The van der Waals surface area contributed by atoms with Crippen LogP contribution in [-0.2, 0) is 14.3 Å².